The van der Waals surface area contributed by atoms with Gasteiger partial charge >= 0.3 is 126 Å². The van der Waals surface area contributed by atoms with Crippen LogP contribution < -0.4 is 0 Å². The number of aliphatic hydroxyl groups excluding tert-OH is 11. The van der Waals surface area contributed by atoms with Crippen molar-refractivity contribution in [2.45, 2.75) is 61.9 Å². The monoisotopic (exact) mass is 602 g/mol. The second kappa shape index (κ2) is 34.7. The fraction of sp³-hybridized carbons (Fsp3) is 0.800. The van der Waals surface area contributed by atoms with Gasteiger partial charge < -0.3 is 70.9 Å². The van der Waals surface area contributed by atoms with Crippen molar-refractivity contribution in [1.82, 2.24) is 0 Å². The molecule has 0 fully saturated rings. The van der Waals surface area contributed by atoms with Crippen LogP contribution in [0.3, 0.4) is 0 Å². The molecule has 200 valence electrons. The number of aldehydes is 2. The number of hydrogen-bond acceptors (Lipinski definition) is 14. The van der Waals surface area contributed by atoms with E-state index in [-0.39, 0.29) is 145 Å². The molecule has 0 aliphatic carbocycles. The predicted molar refractivity (Wildman–Crippen MR) is 132 cm³/mol. The van der Waals surface area contributed by atoms with E-state index in [1.54, 1.807) is 0 Å². The van der Waals surface area contributed by atoms with Crippen LogP contribution >= 0.6 is 12.4 Å². The first-order valence-electron chi connectivity index (χ1n) is 8.20. The minimum absolute atomic E-state index is 0. The Bertz CT molecular complexity index is 458. The molecular formula is C15H37CaClMgNa2O15. The first kappa shape index (κ1) is 57.6. The number of aliphatic carboxylic acids is 1. The SMILES string of the molecule is CC(O)C(=O)O.Cl.O=C[C@H](O)[C@@H](O)[C@H](O)[C@H](O)CO.O=C[C@H](O)[C@@H](O)[C@H](O)[C@H](O)CO.[CaH2].[MgH2].[NaH].[NaH]. The Kier molecular flexibility index (Phi) is 57.1. The van der Waals surface area contributed by atoms with Gasteiger partial charge in [0.15, 0.2) is 12.6 Å². The van der Waals surface area contributed by atoms with Crippen LogP contribution in [0.5, 0.6) is 0 Å². The van der Waals surface area contributed by atoms with Crippen LogP contribution in [0, 0.1) is 0 Å². The van der Waals surface area contributed by atoms with Crippen molar-refractivity contribution >= 4 is 151 Å². The number of carbonyl (C=O) groups is 3. The molecule has 0 aliphatic rings. The standard InChI is InChI=1S/2C6H12O6.C3H6O3.Ca.ClH.Mg.2Na.6H/c2*7-1-3(9)5(11)6(12)4(10)2-8;1-2(4)3(5)6;;;;;;;;;;;/h2*1,3-6,8-12H,2H2;2,4H,1H3,(H,5,6);;1H;;;;;;;;;/t2*3-,4+,5+,6+;;;;;;;;;;;;/m00............/s1. The molecule has 0 aliphatic heterocycles. The van der Waals surface area contributed by atoms with Crippen molar-refractivity contribution in [3.63, 3.8) is 0 Å². The molecule has 0 aromatic heterocycles. The molecule has 1 unspecified atom stereocenters. The number of carboxylic acids is 1. The van der Waals surface area contributed by atoms with E-state index < -0.39 is 74.1 Å². The van der Waals surface area contributed by atoms with Gasteiger partial charge in [-0.25, -0.2) is 4.79 Å². The van der Waals surface area contributed by atoms with Crippen LogP contribution in [0.2, 0.25) is 0 Å². The fourth-order valence-electron chi connectivity index (χ4n) is 1.24. The van der Waals surface area contributed by atoms with E-state index >= 15 is 0 Å². The molecule has 0 heterocycles. The molecule has 12 N–H and O–H groups in total. The van der Waals surface area contributed by atoms with E-state index in [1.165, 1.54) is 6.92 Å². The van der Waals surface area contributed by atoms with Crippen molar-refractivity contribution in [1.29, 1.82) is 0 Å². The maximum absolute atomic E-state index is 9.90. The van der Waals surface area contributed by atoms with Crippen LogP contribution in [0.25, 0.3) is 0 Å². The summed E-state index contributed by atoms with van der Waals surface area (Å²) in [6.07, 6.45) is -14.9. The van der Waals surface area contributed by atoms with Gasteiger partial charge in [0.25, 0.3) is 0 Å². The summed E-state index contributed by atoms with van der Waals surface area (Å²) in [5.74, 6) is -1.19. The summed E-state index contributed by atoms with van der Waals surface area (Å²) in [5, 5.41) is 103. The maximum atomic E-state index is 9.90. The second-order valence-electron chi connectivity index (χ2n) is 5.73. The van der Waals surface area contributed by atoms with Gasteiger partial charge in [0.05, 0.1) is 13.2 Å². The Labute approximate surface area is 297 Å². The van der Waals surface area contributed by atoms with Crippen LogP contribution in [-0.2, 0) is 14.4 Å². The van der Waals surface area contributed by atoms with Crippen molar-refractivity contribution in [3.8, 4) is 0 Å². The number of aliphatic hydroxyl groups is 11. The van der Waals surface area contributed by atoms with Crippen molar-refractivity contribution in [3.05, 3.63) is 0 Å². The average molecular weight is 603 g/mol. The Morgan fingerprint density at radius 3 is 1.00 bits per heavy atom. The Hall–Kier alpha value is 2.69. The molecular weight excluding hydrogens is 566 g/mol. The van der Waals surface area contributed by atoms with Gasteiger partial charge in [-0.1, -0.05) is 0 Å². The van der Waals surface area contributed by atoms with Gasteiger partial charge in [0.2, 0.25) is 0 Å². The van der Waals surface area contributed by atoms with Crippen molar-refractivity contribution in [2.24, 2.45) is 0 Å². The van der Waals surface area contributed by atoms with Gasteiger partial charge in [-0.3, -0.25) is 0 Å². The average Bonchev–Trinajstić information content (AvgIpc) is 2.75. The normalized spacial score (nSPS) is 16.8. The molecule has 0 aromatic rings. The third-order valence-electron chi connectivity index (χ3n) is 3.20. The van der Waals surface area contributed by atoms with Crippen molar-refractivity contribution in [2.75, 3.05) is 13.2 Å². The Morgan fingerprint density at radius 2 is 0.886 bits per heavy atom. The van der Waals surface area contributed by atoms with Gasteiger partial charge in [0.1, 0.15) is 54.9 Å². The zero-order chi connectivity index (χ0) is 24.6. The van der Waals surface area contributed by atoms with E-state index in [1.807, 2.05) is 0 Å². The van der Waals surface area contributed by atoms with Gasteiger partial charge in [-0.15, -0.1) is 12.4 Å². The summed E-state index contributed by atoms with van der Waals surface area (Å²) in [4.78, 5) is 29.2. The minimum atomic E-state index is -1.79. The zero-order valence-corrected chi connectivity index (χ0v) is 17.1. The Morgan fingerprint density at radius 1 is 0.686 bits per heavy atom. The topological polar surface area (TPSA) is 294 Å². The molecule has 0 radical (unpaired) electrons. The molecule has 0 saturated heterocycles. The molecule has 15 nitrogen and oxygen atoms in total. The number of hydrogen-bond donors (Lipinski definition) is 12. The summed E-state index contributed by atoms with van der Waals surface area (Å²) >= 11 is 0. The van der Waals surface area contributed by atoms with E-state index in [9.17, 15) is 14.4 Å². The van der Waals surface area contributed by atoms with Crippen LogP contribution in [-0.4, -0.2) is 268 Å². The fourth-order valence-corrected chi connectivity index (χ4v) is 1.24. The second-order valence-corrected chi connectivity index (χ2v) is 5.73. The van der Waals surface area contributed by atoms with Crippen LogP contribution in [0.15, 0.2) is 0 Å². The molecule has 20 heteroatoms. The summed E-state index contributed by atoms with van der Waals surface area (Å²) < 4.78 is 0. The summed E-state index contributed by atoms with van der Waals surface area (Å²) in [5.41, 5.74) is 0. The molecule has 9 atom stereocenters. The van der Waals surface area contributed by atoms with Crippen LogP contribution in [0.1, 0.15) is 6.92 Å². The van der Waals surface area contributed by atoms with Gasteiger partial charge in [-0.05, 0) is 6.92 Å². The summed E-state index contributed by atoms with van der Waals surface area (Å²) in [6, 6.07) is 0. The molecule has 0 spiro atoms. The summed E-state index contributed by atoms with van der Waals surface area (Å²) in [7, 11) is 0. The quantitative estimate of drug-likeness (QED) is 0.0771. The first-order chi connectivity index (χ1) is 13.7. The first-order valence-corrected chi connectivity index (χ1v) is 8.20. The van der Waals surface area contributed by atoms with E-state index in [4.69, 9.17) is 61.3 Å². The predicted octanol–water partition coefficient (Wildman–Crippen LogP) is -10.0. The van der Waals surface area contributed by atoms with Crippen LogP contribution in [0.4, 0.5) is 0 Å². The van der Waals surface area contributed by atoms with Gasteiger partial charge in [-0.2, -0.15) is 0 Å². The van der Waals surface area contributed by atoms with Crippen molar-refractivity contribution < 1.29 is 75.7 Å². The van der Waals surface area contributed by atoms with Gasteiger partial charge in [0, 0.05) is 0 Å². The number of rotatable bonds is 11. The molecule has 0 saturated carbocycles. The van der Waals surface area contributed by atoms with E-state index in [2.05, 4.69) is 0 Å². The molecule has 35 heavy (non-hydrogen) atoms. The Balaban J connectivity index is -0.0000000508. The molecule has 0 rings (SSSR count). The number of carboxylic acid groups (broad SMARTS) is 1. The van der Waals surface area contributed by atoms with E-state index in [0.29, 0.717) is 0 Å². The third kappa shape index (κ3) is 29.5. The molecule has 0 bridgehead atoms. The third-order valence-corrected chi connectivity index (χ3v) is 3.20. The van der Waals surface area contributed by atoms with E-state index in [0.717, 1.165) is 0 Å². The zero-order valence-electron chi connectivity index (χ0n) is 16.3. The molecule has 0 aromatic carbocycles. The molecule has 0 amide bonds. The number of carbonyl (C=O) groups excluding carboxylic acids is 2. The number of halogens is 1. The summed E-state index contributed by atoms with van der Waals surface area (Å²) in [6.45, 7) is -0.323.